The highest BCUT2D eigenvalue weighted by atomic mass is 35.5. The van der Waals surface area contributed by atoms with Gasteiger partial charge in [-0.2, -0.15) is 0 Å². The highest BCUT2D eigenvalue weighted by Crippen LogP contribution is 2.19. The van der Waals surface area contributed by atoms with Crippen LogP contribution in [0.25, 0.3) is 0 Å². The van der Waals surface area contributed by atoms with Crippen molar-refractivity contribution < 1.29 is 14.3 Å². The Labute approximate surface area is 147 Å². The van der Waals surface area contributed by atoms with Gasteiger partial charge < -0.3 is 9.64 Å². The summed E-state index contributed by atoms with van der Waals surface area (Å²) < 4.78 is 4.68. The van der Waals surface area contributed by atoms with E-state index in [-0.39, 0.29) is 24.8 Å². The van der Waals surface area contributed by atoms with Gasteiger partial charge >= 0.3 is 5.97 Å². The lowest BCUT2D eigenvalue weighted by molar-refractivity contribution is -0.140. The Morgan fingerprint density at radius 1 is 1.12 bits per heavy atom. The average Bonchev–Trinajstić information content (AvgIpc) is 2.59. The van der Waals surface area contributed by atoms with Crippen LogP contribution in [-0.4, -0.2) is 30.4 Å². The van der Waals surface area contributed by atoms with Crippen LogP contribution in [0.3, 0.4) is 0 Å². The highest BCUT2D eigenvalue weighted by Gasteiger charge is 2.18. The Balaban J connectivity index is 2.23. The van der Waals surface area contributed by atoms with Crippen LogP contribution in [0.1, 0.15) is 27.9 Å². The lowest BCUT2D eigenvalue weighted by Gasteiger charge is -2.23. The standard InChI is InChI=1S/C19H20ClNO3/c1-14-6-5-8-15(12-14)19(23)21(11-10-18(22)24-2)13-16-7-3-4-9-17(16)20/h3-9,12H,10-11,13H2,1-2H3. The molecule has 0 bridgehead atoms. The lowest BCUT2D eigenvalue weighted by Crippen LogP contribution is -2.33. The van der Waals surface area contributed by atoms with Crippen molar-refractivity contribution in [3.63, 3.8) is 0 Å². The smallest absolute Gasteiger partial charge is 0.307 e. The predicted molar refractivity (Wildman–Crippen MR) is 94.0 cm³/mol. The number of halogens is 1. The fourth-order valence-electron chi connectivity index (χ4n) is 2.37. The molecule has 0 saturated carbocycles. The molecule has 0 N–H and O–H groups in total. The van der Waals surface area contributed by atoms with E-state index in [2.05, 4.69) is 4.74 Å². The average molecular weight is 346 g/mol. The third-order valence-corrected chi connectivity index (χ3v) is 4.05. The SMILES string of the molecule is COC(=O)CCN(Cc1ccccc1Cl)C(=O)c1cccc(C)c1. The van der Waals surface area contributed by atoms with Crippen LogP contribution in [0.4, 0.5) is 0 Å². The summed E-state index contributed by atoms with van der Waals surface area (Å²) in [4.78, 5) is 25.9. The first-order chi connectivity index (χ1) is 11.5. The number of amides is 1. The van der Waals surface area contributed by atoms with Crippen molar-refractivity contribution in [1.29, 1.82) is 0 Å². The largest absolute Gasteiger partial charge is 0.469 e. The minimum Gasteiger partial charge on any atom is -0.469 e. The summed E-state index contributed by atoms with van der Waals surface area (Å²) in [6, 6.07) is 14.8. The van der Waals surface area contributed by atoms with Gasteiger partial charge in [0, 0.05) is 23.7 Å². The first kappa shape index (κ1) is 18.0. The minimum absolute atomic E-state index is 0.137. The second kappa shape index (κ2) is 8.50. The third-order valence-electron chi connectivity index (χ3n) is 3.68. The van der Waals surface area contributed by atoms with Gasteiger partial charge in [0.1, 0.15) is 0 Å². The van der Waals surface area contributed by atoms with Gasteiger partial charge in [0.25, 0.3) is 5.91 Å². The number of aryl methyl sites for hydroxylation is 1. The number of methoxy groups -OCH3 is 1. The van der Waals surface area contributed by atoms with Gasteiger partial charge in [0.05, 0.1) is 13.5 Å². The Bertz CT molecular complexity index is 730. The van der Waals surface area contributed by atoms with E-state index in [0.29, 0.717) is 17.1 Å². The van der Waals surface area contributed by atoms with Gasteiger partial charge in [-0.25, -0.2) is 0 Å². The molecule has 2 aromatic rings. The molecule has 0 aromatic heterocycles. The van der Waals surface area contributed by atoms with Crippen LogP contribution in [0, 0.1) is 6.92 Å². The topological polar surface area (TPSA) is 46.6 Å². The molecule has 0 spiro atoms. The van der Waals surface area contributed by atoms with E-state index in [4.69, 9.17) is 11.6 Å². The molecule has 0 aliphatic rings. The summed E-state index contributed by atoms with van der Waals surface area (Å²) in [5, 5.41) is 0.595. The lowest BCUT2D eigenvalue weighted by atomic mass is 10.1. The van der Waals surface area contributed by atoms with Crippen molar-refractivity contribution in [3.05, 3.63) is 70.2 Å². The first-order valence-corrected chi connectivity index (χ1v) is 8.05. The van der Waals surface area contributed by atoms with Crippen molar-refractivity contribution in [2.24, 2.45) is 0 Å². The second-order valence-electron chi connectivity index (χ2n) is 5.51. The summed E-state index contributed by atoms with van der Waals surface area (Å²) >= 11 is 6.20. The van der Waals surface area contributed by atoms with Gasteiger partial charge in [-0.3, -0.25) is 9.59 Å². The van der Waals surface area contributed by atoms with Crippen LogP contribution in [0.2, 0.25) is 5.02 Å². The van der Waals surface area contributed by atoms with E-state index in [9.17, 15) is 9.59 Å². The molecule has 0 fully saturated rings. The minimum atomic E-state index is -0.351. The van der Waals surface area contributed by atoms with E-state index in [1.165, 1.54) is 7.11 Å². The number of rotatable bonds is 6. The van der Waals surface area contributed by atoms with E-state index < -0.39 is 0 Å². The first-order valence-electron chi connectivity index (χ1n) is 7.67. The summed E-state index contributed by atoms with van der Waals surface area (Å²) in [6.07, 6.45) is 0.137. The monoisotopic (exact) mass is 345 g/mol. The van der Waals surface area contributed by atoms with Crippen molar-refractivity contribution in [2.45, 2.75) is 19.9 Å². The Morgan fingerprint density at radius 2 is 1.88 bits per heavy atom. The number of ether oxygens (including phenoxy) is 1. The molecule has 0 atom stereocenters. The van der Waals surface area contributed by atoms with E-state index >= 15 is 0 Å². The van der Waals surface area contributed by atoms with Crippen molar-refractivity contribution in [2.75, 3.05) is 13.7 Å². The van der Waals surface area contributed by atoms with E-state index in [1.807, 2.05) is 43.3 Å². The molecule has 24 heavy (non-hydrogen) atoms. The molecule has 5 heteroatoms. The molecule has 0 heterocycles. The molecular formula is C19H20ClNO3. The number of carbonyl (C=O) groups excluding carboxylic acids is 2. The number of nitrogens with zero attached hydrogens (tertiary/aromatic N) is 1. The Hall–Kier alpha value is -2.33. The Kier molecular flexibility index (Phi) is 6.38. The zero-order valence-corrected chi connectivity index (χ0v) is 14.5. The fraction of sp³-hybridized carbons (Fsp3) is 0.263. The van der Waals surface area contributed by atoms with Gasteiger partial charge in [-0.15, -0.1) is 0 Å². The normalized spacial score (nSPS) is 10.3. The van der Waals surface area contributed by atoms with Crippen LogP contribution >= 0.6 is 11.6 Å². The second-order valence-corrected chi connectivity index (χ2v) is 5.92. The Morgan fingerprint density at radius 3 is 2.54 bits per heavy atom. The third kappa shape index (κ3) is 4.83. The quantitative estimate of drug-likeness (QED) is 0.747. The van der Waals surface area contributed by atoms with Gasteiger partial charge in [0.15, 0.2) is 0 Å². The van der Waals surface area contributed by atoms with Gasteiger partial charge in [-0.05, 0) is 30.7 Å². The highest BCUT2D eigenvalue weighted by molar-refractivity contribution is 6.31. The van der Waals surface area contributed by atoms with Gasteiger partial charge in [-0.1, -0.05) is 47.5 Å². The molecule has 0 radical (unpaired) electrons. The maximum atomic E-state index is 12.8. The number of benzene rings is 2. The molecule has 4 nitrogen and oxygen atoms in total. The molecule has 2 aromatic carbocycles. The zero-order valence-electron chi connectivity index (χ0n) is 13.8. The molecule has 0 aliphatic heterocycles. The number of esters is 1. The maximum Gasteiger partial charge on any atom is 0.307 e. The number of hydrogen-bond donors (Lipinski definition) is 0. The predicted octanol–water partition coefficient (Wildman–Crippen LogP) is 3.85. The summed E-state index contributed by atoms with van der Waals surface area (Å²) in [7, 11) is 1.34. The van der Waals surface area contributed by atoms with Crippen LogP contribution in [0.5, 0.6) is 0 Å². The van der Waals surface area contributed by atoms with Crippen molar-refractivity contribution >= 4 is 23.5 Å². The van der Waals surface area contributed by atoms with E-state index in [1.54, 1.807) is 17.0 Å². The summed E-state index contributed by atoms with van der Waals surface area (Å²) in [5.74, 6) is -0.487. The van der Waals surface area contributed by atoms with Crippen LogP contribution < -0.4 is 0 Å². The molecular weight excluding hydrogens is 326 g/mol. The molecule has 1 amide bonds. The van der Waals surface area contributed by atoms with Crippen molar-refractivity contribution in [1.82, 2.24) is 4.90 Å². The molecule has 0 aliphatic carbocycles. The maximum absolute atomic E-state index is 12.8. The van der Waals surface area contributed by atoms with Crippen molar-refractivity contribution in [3.8, 4) is 0 Å². The summed E-state index contributed by atoms with van der Waals surface area (Å²) in [6.45, 7) is 2.54. The summed E-state index contributed by atoms with van der Waals surface area (Å²) in [5.41, 5.74) is 2.43. The molecule has 0 unspecified atom stereocenters. The number of carbonyl (C=O) groups is 2. The number of hydrogen-bond acceptors (Lipinski definition) is 3. The molecule has 2 rings (SSSR count). The molecule has 0 saturated heterocycles. The van der Waals surface area contributed by atoms with E-state index in [0.717, 1.165) is 11.1 Å². The molecule has 126 valence electrons. The van der Waals surface area contributed by atoms with Crippen LogP contribution in [0.15, 0.2) is 48.5 Å². The zero-order chi connectivity index (χ0) is 17.5. The fourth-order valence-corrected chi connectivity index (χ4v) is 2.57. The van der Waals surface area contributed by atoms with Gasteiger partial charge in [0.2, 0.25) is 0 Å². The van der Waals surface area contributed by atoms with Crippen LogP contribution in [-0.2, 0) is 16.1 Å².